The van der Waals surface area contributed by atoms with E-state index in [4.69, 9.17) is 10.5 Å². The third-order valence-corrected chi connectivity index (χ3v) is 4.68. The lowest BCUT2D eigenvalue weighted by Crippen LogP contribution is -2.51. The summed E-state index contributed by atoms with van der Waals surface area (Å²) in [7, 11) is 0. The molecule has 1 atom stereocenters. The third kappa shape index (κ3) is 2.86. The molecule has 0 aromatic carbocycles. The predicted octanol–water partition coefficient (Wildman–Crippen LogP) is 1.53. The number of likely N-dealkylation sites (tertiary alicyclic amines) is 1. The summed E-state index contributed by atoms with van der Waals surface area (Å²) in [6.45, 7) is 6.70. The van der Waals surface area contributed by atoms with E-state index in [0.29, 0.717) is 12.3 Å². The Morgan fingerprint density at radius 2 is 2.00 bits per heavy atom. The lowest BCUT2D eigenvalue weighted by molar-refractivity contribution is -0.135. The Kier molecular flexibility index (Phi) is 4.28. The quantitative estimate of drug-likeness (QED) is 0.831. The van der Waals surface area contributed by atoms with Crippen LogP contribution in [0.4, 0.5) is 0 Å². The number of nitrogens with zero attached hydrogens (tertiary/aromatic N) is 1. The van der Waals surface area contributed by atoms with Crippen molar-refractivity contribution in [1.82, 2.24) is 4.90 Å². The third-order valence-electron chi connectivity index (χ3n) is 4.68. The summed E-state index contributed by atoms with van der Waals surface area (Å²) in [6, 6.07) is 0.115. The number of amides is 1. The van der Waals surface area contributed by atoms with E-state index in [9.17, 15) is 4.79 Å². The van der Waals surface area contributed by atoms with Crippen LogP contribution >= 0.6 is 0 Å². The SMILES string of the molecule is CC1(C)C(N)CCN1C(=O)CCC1CCOCC1. The van der Waals surface area contributed by atoms with E-state index in [-0.39, 0.29) is 17.5 Å². The highest BCUT2D eigenvalue weighted by Gasteiger charge is 2.41. The zero-order chi connectivity index (χ0) is 13.2. The summed E-state index contributed by atoms with van der Waals surface area (Å²) in [6.07, 6.45) is 4.81. The van der Waals surface area contributed by atoms with Gasteiger partial charge in [-0.1, -0.05) is 0 Å². The number of carbonyl (C=O) groups is 1. The molecule has 1 amide bonds. The number of ether oxygens (including phenoxy) is 1. The van der Waals surface area contributed by atoms with Gasteiger partial charge in [0, 0.05) is 32.2 Å². The summed E-state index contributed by atoms with van der Waals surface area (Å²) in [4.78, 5) is 14.3. The fourth-order valence-electron chi connectivity index (χ4n) is 3.05. The molecule has 2 aliphatic rings. The molecule has 0 aromatic heterocycles. The molecular formula is C14H26N2O2. The molecule has 0 radical (unpaired) electrons. The van der Waals surface area contributed by atoms with Crippen LogP contribution in [0.15, 0.2) is 0 Å². The molecule has 104 valence electrons. The van der Waals surface area contributed by atoms with E-state index in [1.807, 2.05) is 4.90 Å². The molecule has 0 spiro atoms. The monoisotopic (exact) mass is 254 g/mol. The van der Waals surface area contributed by atoms with Crippen LogP contribution < -0.4 is 5.73 Å². The molecule has 2 saturated heterocycles. The van der Waals surface area contributed by atoms with Crippen molar-refractivity contribution in [3.8, 4) is 0 Å². The highest BCUT2D eigenvalue weighted by Crippen LogP contribution is 2.29. The van der Waals surface area contributed by atoms with Gasteiger partial charge in [0.25, 0.3) is 0 Å². The van der Waals surface area contributed by atoms with Crippen LogP contribution in [0.3, 0.4) is 0 Å². The van der Waals surface area contributed by atoms with Crippen molar-refractivity contribution in [1.29, 1.82) is 0 Å². The van der Waals surface area contributed by atoms with Crippen molar-refractivity contribution in [3.63, 3.8) is 0 Å². The molecule has 4 heteroatoms. The van der Waals surface area contributed by atoms with Gasteiger partial charge >= 0.3 is 0 Å². The summed E-state index contributed by atoms with van der Waals surface area (Å²) in [5.74, 6) is 0.946. The Bertz CT molecular complexity index is 298. The second-order valence-electron chi connectivity index (χ2n) is 6.19. The topological polar surface area (TPSA) is 55.6 Å². The second-order valence-corrected chi connectivity index (χ2v) is 6.19. The maximum atomic E-state index is 12.3. The summed E-state index contributed by atoms with van der Waals surface area (Å²) < 4.78 is 5.34. The minimum absolute atomic E-state index is 0.115. The number of hydrogen-bond donors (Lipinski definition) is 1. The minimum atomic E-state index is -0.174. The van der Waals surface area contributed by atoms with Crippen LogP contribution in [0.5, 0.6) is 0 Å². The zero-order valence-electron chi connectivity index (χ0n) is 11.7. The number of carbonyl (C=O) groups excluding carboxylic acids is 1. The van der Waals surface area contributed by atoms with Gasteiger partial charge in [0.15, 0.2) is 0 Å². The summed E-state index contributed by atoms with van der Waals surface area (Å²) in [5.41, 5.74) is 5.90. The number of nitrogens with two attached hydrogens (primary N) is 1. The molecule has 2 fully saturated rings. The largest absolute Gasteiger partial charge is 0.381 e. The fraction of sp³-hybridized carbons (Fsp3) is 0.929. The molecule has 0 aliphatic carbocycles. The van der Waals surface area contributed by atoms with Gasteiger partial charge in [-0.2, -0.15) is 0 Å². The predicted molar refractivity (Wildman–Crippen MR) is 71.2 cm³/mol. The highest BCUT2D eigenvalue weighted by molar-refractivity contribution is 5.77. The van der Waals surface area contributed by atoms with Crippen LogP contribution in [0.2, 0.25) is 0 Å². The molecule has 18 heavy (non-hydrogen) atoms. The van der Waals surface area contributed by atoms with Gasteiger partial charge in [0.1, 0.15) is 0 Å². The lowest BCUT2D eigenvalue weighted by atomic mass is 9.93. The fourth-order valence-corrected chi connectivity index (χ4v) is 3.05. The molecule has 2 N–H and O–H groups in total. The van der Waals surface area contributed by atoms with Crippen LogP contribution in [0.25, 0.3) is 0 Å². The summed E-state index contributed by atoms with van der Waals surface area (Å²) >= 11 is 0. The van der Waals surface area contributed by atoms with E-state index in [1.54, 1.807) is 0 Å². The molecule has 4 nitrogen and oxygen atoms in total. The van der Waals surface area contributed by atoms with Crippen molar-refractivity contribution in [2.45, 2.75) is 57.5 Å². The molecule has 0 saturated carbocycles. The Hall–Kier alpha value is -0.610. The van der Waals surface area contributed by atoms with E-state index in [1.165, 1.54) is 0 Å². The lowest BCUT2D eigenvalue weighted by Gasteiger charge is -2.35. The first-order valence-corrected chi connectivity index (χ1v) is 7.15. The van der Waals surface area contributed by atoms with Gasteiger partial charge in [-0.3, -0.25) is 4.79 Å². The Labute approximate surface area is 110 Å². The van der Waals surface area contributed by atoms with Gasteiger partial charge < -0.3 is 15.4 Å². The smallest absolute Gasteiger partial charge is 0.223 e. The van der Waals surface area contributed by atoms with Crippen molar-refractivity contribution in [2.75, 3.05) is 19.8 Å². The van der Waals surface area contributed by atoms with Gasteiger partial charge in [-0.05, 0) is 45.4 Å². The first-order valence-electron chi connectivity index (χ1n) is 7.15. The Morgan fingerprint density at radius 1 is 1.33 bits per heavy atom. The highest BCUT2D eigenvalue weighted by atomic mass is 16.5. The Morgan fingerprint density at radius 3 is 2.56 bits per heavy atom. The van der Waals surface area contributed by atoms with Crippen LogP contribution in [-0.2, 0) is 9.53 Å². The van der Waals surface area contributed by atoms with Gasteiger partial charge in [-0.25, -0.2) is 0 Å². The maximum Gasteiger partial charge on any atom is 0.223 e. The number of hydrogen-bond acceptors (Lipinski definition) is 3. The van der Waals surface area contributed by atoms with E-state index in [2.05, 4.69) is 13.8 Å². The molecular weight excluding hydrogens is 228 g/mol. The molecule has 0 aromatic rings. The summed E-state index contributed by atoms with van der Waals surface area (Å²) in [5, 5.41) is 0. The van der Waals surface area contributed by atoms with E-state index >= 15 is 0 Å². The van der Waals surface area contributed by atoms with Crippen molar-refractivity contribution >= 4 is 5.91 Å². The van der Waals surface area contributed by atoms with Crippen molar-refractivity contribution in [2.24, 2.45) is 11.7 Å². The first kappa shape index (κ1) is 13.8. The standard InChI is InChI=1S/C14H26N2O2/c1-14(2)12(15)5-8-16(14)13(17)4-3-11-6-9-18-10-7-11/h11-12H,3-10,15H2,1-2H3. The molecule has 0 bridgehead atoms. The number of rotatable bonds is 3. The van der Waals surface area contributed by atoms with Crippen LogP contribution in [0, 0.1) is 5.92 Å². The van der Waals surface area contributed by atoms with Gasteiger partial charge in [0.05, 0.1) is 5.54 Å². The maximum absolute atomic E-state index is 12.3. The van der Waals surface area contributed by atoms with Crippen molar-refractivity contribution < 1.29 is 9.53 Å². The van der Waals surface area contributed by atoms with Crippen molar-refractivity contribution in [3.05, 3.63) is 0 Å². The van der Waals surface area contributed by atoms with Gasteiger partial charge in [-0.15, -0.1) is 0 Å². The second kappa shape index (κ2) is 5.57. The normalized spacial score (nSPS) is 28.6. The molecule has 2 aliphatic heterocycles. The average Bonchev–Trinajstić information content (AvgIpc) is 2.63. The van der Waals surface area contributed by atoms with E-state index in [0.717, 1.165) is 45.4 Å². The first-order chi connectivity index (χ1) is 8.51. The molecule has 1 unspecified atom stereocenters. The molecule has 2 rings (SSSR count). The zero-order valence-corrected chi connectivity index (χ0v) is 11.7. The Balaban J connectivity index is 1.81. The van der Waals surface area contributed by atoms with Crippen LogP contribution in [0.1, 0.15) is 46.0 Å². The van der Waals surface area contributed by atoms with Gasteiger partial charge in [0.2, 0.25) is 5.91 Å². The average molecular weight is 254 g/mol. The van der Waals surface area contributed by atoms with E-state index < -0.39 is 0 Å². The van der Waals surface area contributed by atoms with Crippen LogP contribution in [-0.4, -0.2) is 42.1 Å². The minimum Gasteiger partial charge on any atom is -0.381 e. The molecule has 2 heterocycles.